The minimum atomic E-state index is -3.87. The number of sulfonamides is 1. The number of nitrogens with zero attached hydrogens (tertiary/aromatic N) is 1. The Morgan fingerprint density at radius 1 is 1.16 bits per heavy atom. The lowest BCUT2D eigenvalue weighted by molar-refractivity contribution is -0.385. The monoisotopic (exact) mass is 364 g/mol. The first kappa shape index (κ1) is 18.9. The fraction of sp³-hybridized carbons (Fsp3) is 0.294. The summed E-state index contributed by atoms with van der Waals surface area (Å²) in [6.45, 7) is 5.64. The third-order valence-electron chi connectivity index (χ3n) is 3.58. The molecule has 0 amide bonds. The van der Waals surface area contributed by atoms with Crippen LogP contribution in [0.2, 0.25) is 0 Å². The Hall–Kier alpha value is -2.45. The maximum absolute atomic E-state index is 12.4. The van der Waals surface area contributed by atoms with Gasteiger partial charge in [-0.15, -0.1) is 0 Å². The Morgan fingerprint density at radius 3 is 2.36 bits per heavy atom. The van der Waals surface area contributed by atoms with Crippen LogP contribution in [0.15, 0.2) is 47.4 Å². The molecular weight excluding hydrogens is 344 g/mol. The number of hydrogen-bond acceptors (Lipinski definition) is 5. The van der Waals surface area contributed by atoms with Gasteiger partial charge < -0.3 is 4.74 Å². The zero-order chi connectivity index (χ0) is 18.6. The molecule has 0 aliphatic heterocycles. The van der Waals surface area contributed by atoms with Crippen molar-refractivity contribution in [3.05, 3.63) is 63.7 Å². The van der Waals surface area contributed by atoms with Crippen LogP contribution >= 0.6 is 0 Å². The van der Waals surface area contributed by atoms with Crippen LogP contribution in [-0.4, -0.2) is 26.0 Å². The van der Waals surface area contributed by atoms with E-state index in [-0.39, 0.29) is 17.2 Å². The van der Waals surface area contributed by atoms with E-state index in [9.17, 15) is 18.5 Å². The highest BCUT2D eigenvalue weighted by molar-refractivity contribution is 7.89. The average Bonchev–Trinajstić information content (AvgIpc) is 2.54. The number of nitro groups is 1. The second-order valence-corrected chi connectivity index (χ2v) is 7.52. The van der Waals surface area contributed by atoms with Crippen LogP contribution in [0.1, 0.15) is 18.1 Å². The zero-order valence-corrected chi connectivity index (χ0v) is 15.0. The Kier molecular flexibility index (Phi) is 5.76. The minimum absolute atomic E-state index is 0.139. The van der Waals surface area contributed by atoms with E-state index in [1.54, 1.807) is 6.92 Å². The van der Waals surface area contributed by atoms with E-state index >= 15 is 0 Å². The molecule has 0 saturated carbocycles. The van der Waals surface area contributed by atoms with Gasteiger partial charge in [0.15, 0.2) is 0 Å². The summed E-state index contributed by atoms with van der Waals surface area (Å²) in [5, 5.41) is 10.8. The van der Waals surface area contributed by atoms with Gasteiger partial charge in [-0.2, -0.15) is 0 Å². The molecule has 134 valence electrons. The van der Waals surface area contributed by atoms with Crippen LogP contribution < -0.4 is 9.46 Å². The molecule has 0 fully saturated rings. The summed E-state index contributed by atoms with van der Waals surface area (Å²) >= 11 is 0. The van der Waals surface area contributed by atoms with E-state index in [2.05, 4.69) is 4.72 Å². The van der Waals surface area contributed by atoms with E-state index in [1.165, 1.54) is 18.2 Å². The summed E-state index contributed by atoms with van der Waals surface area (Å²) in [4.78, 5) is 10.0. The molecule has 0 aliphatic rings. The predicted molar refractivity (Wildman–Crippen MR) is 94.3 cm³/mol. The van der Waals surface area contributed by atoms with Gasteiger partial charge in [-0.3, -0.25) is 10.1 Å². The lowest BCUT2D eigenvalue weighted by atomic mass is 10.1. The van der Waals surface area contributed by atoms with Gasteiger partial charge in [0.1, 0.15) is 12.4 Å². The molecule has 0 aliphatic carbocycles. The molecular formula is C17H20N2O5S. The molecule has 0 bridgehead atoms. The van der Waals surface area contributed by atoms with Crippen LogP contribution in [0.3, 0.4) is 0 Å². The summed E-state index contributed by atoms with van der Waals surface area (Å²) in [6, 6.07) is 10.2. The van der Waals surface area contributed by atoms with E-state index in [0.29, 0.717) is 0 Å². The molecule has 0 heterocycles. The van der Waals surface area contributed by atoms with Crippen molar-refractivity contribution in [2.75, 3.05) is 6.61 Å². The van der Waals surface area contributed by atoms with Gasteiger partial charge >= 0.3 is 0 Å². The van der Waals surface area contributed by atoms with Crippen molar-refractivity contribution >= 4 is 15.7 Å². The lowest BCUT2D eigenvalue weighted by Crippen LogP contribution is -2.36. The lowest BCUT2D eigenvalue weighted by Gasteiger charge is -2.17. The number of aryl methyl sites for hydroxylation is 2. The maximum atomic E-state index is 12.4. The zero-order valence-electron chi connectivity index (χ0n) is 14.2. The topological polar surface area (TPSA) is 98.5 Å². The Labute approximate surface area is 146 Å². The SMILES string of the molecule is Cc1cccc(C)c1OCC(C)NS(=O)(=O)c1cccc([N+](=O)[O-])c1. The summed E-state index contributed by atoms with van der Waals surface area (Å²) in [5.41, 5.74) is 1.66. The standard InChI is InChI=1S/C17H20N2O5S/c1-12-6-4-7-13(2)17(12)24-11-14(3)18-25(22,23)16-9-5-8-15(10-16)19(20)21/h4-10,14,18H,11H2,1-3H3. The Bertz CT molecular complexity index is 860. The van der Waals surface area contributed by atoms with E-state index in [1.807, 2.05) is 32.0 Å². The highest BCUT2D eigenvalue weighted by Crippen LogP contribution is 2.22. The van der Waals surface area contributed by atoms with Crippen LogP contribution in [0.5, 0.6) is 5.75 Å². The molecule has 2 aromatic rings. The molecule has 0 saturated heterocycles. The number of benzene rings is 2. The molecule has 1 unspecified atom stereocenters. The first-order valence-corrected chi connectivity index (χ1v) is 9.15. The molecule has 8 heteroatoms. The first-order valence-electron chi connectivity index (χ1n) is 7.66. The van der Waals surface area contributed by atoms with Crippen molar-refractivity contribution in [3.8, 4) is 5.75 Å². The van der Waals surface area contributed by atoms with E-state index in [0.717, 1.165) is 22.9 Å². The van der Waals surface area contributed by atoms with Gasteiger partial charge in [-0.25, -0.2) is 13.1 Å². The highest BCUT2D eigenvalue weighted by atomic mass is 32.2. The van der Waals surface area contributed by atoms with Gasteiger partial charge in [0.25, 0.3) is 5.69 Å². The predicted octanol–water partition coefficient (Wildman–Crippen LogP) is 2.96. The van der Waals surface area contributed by atoms with Crippen LogP contribution in [-0.2, 0) is 10.0 Å². The number of hydrogen-bond donors (Lipinski definition) is 1. The van der Waals surface area contributed by atoms with Gasteiger partial charge in [0.05, 0.1) is 15.9 Å². The van der Waals surface area contributed by atoms with Crippen LogP contribution in [0, 0.1) is 24.0 Å². The number of non-ortho nitro benzene ring substituents is 1. The van der Waals surface area contributed by atoms with Crippen molar-refractivity contribution in [3.63, 3.8) is 0 Å². The van der Waals surface area contributed by atoms with Crippen LogP contribution in [0.25, 0.3) is 0 Å². The van der Waals surface area contributed by atoms with Gasteiger partial charge in [-0.05, 0) is 38.0 Å². The number of nitrogens with one attached hydrogen (secondary N) is 1. The fourth-order valence-electron chi connectivity index (χ4n) is 2.37. The van der Waals surface area contributed by atoms with Crippen molar-refractivity contribution in [2.24, 2.45) is 0 Å². The quantitative estimate of drug-likeness (QED) is 0.601. The van der Waals surface area contributed by atoms with Gasteiger partial charge in [0, 0.05) is 12.1 Å². The van der Waals surface area contributed by atoms with Gasteiger partial charge in [0.2, 0.25) is 10.0 Å². The average molecular weight is 364 g/mol. The molecule has 1 atom stereocenters. The minimum Gasteiger partial charge on any atom is -0.491 e. The molecule has 0 spiro atoms. The number of nitro benzene ring substituents is 1. The summed E-state index contributed by atoms with van der Waals surface area (Å²) < 4.78 is 33.0. The Morgan fingerprint density at radius 2 is 1.76 bits per heavy atom. The number of para-hydroxylation sites is 1. The molecule has 0 aromatic heterocycles. The fourth-order valence-corrected chi connectivity index (χ4v) is 3.63. The smallest absolute Gasteiger partial charge is 0.270 e. The summed E-state index contributed by atoms with van der Waals surface area (Å²) in [7, 11) is -3.87. The largest absolute Gasteiger partial charge is 0.491 e. The Balaban J connectivity index is 2.07. The van der Waals surface area contributed by atoms with Gasteiger partial charge in [-0.1, -0.05) is 24.3 Å². The van der Waals surface area contributed by atoms with Crippen molar-refractivity contribution in [1.29, 1.82) is 0 Å². The second kappa shape index (κ2) is 7.62. The summed E-state index contributed by atoms with van der Waals surface area (Å²) in [6.07, 6.45) is 0. The molecule has 2 rings (SSSR count). The molecule has 2 aromatic carbocycles. The normalized spacial score (nSPS) is 12.6. The molecule has 0 radical (unpaired) electrons. The molecule has 25 heavy (non-hydrogen) atoms. The molecule has 7 nitrogen and oxygen atoms in total. The summed E-state index contributed by atoms with van der Waals surface area (Å²) in [5.74, 6) is 0.726. The third kappa shape index (κ3) is 4.77. The number of rotatable bonds is 7. The van der Waals surface area contributed by atoms with E-state index in [4.69, 9.17) is 4.74 Å². The van der Waals surface area contributed by atoms with Crippen molar-refractivity contribution in [2.45, 2.75) is 31.7 Å². The maximum Gasteiger partial charge on any atom is 0.270 e. The number of ether oxygens (including phenoxy) is 1. The highest BCUT2D eigenvalue weighted by Gasteiger charge is 2.20. The first-order chi connectivity index (χ1) is 11.7. The third-order valence-corrected chi connectivity index (χ3v) is 5.17. The van der Waals surface area contributed by atoms with Crippen molar-refractivity contribution < 1.29 is 18.1 Å². The van der Waals surface area contributed by atoms with Crippen LogP contribution in [0.4, 0.5) is 5.69 Å². The second-order valence-electron chi connectivity index (χ2n) is 5.81. The van der Waals surface area contributed by atoms with E-state index < -0.39 is 21.0 Å². The molecule has 1 N–H and O–H groups in total. The van der Waals surface area contributed by atoms with Crippen molar-refractivity contribution in [1.82, 2.24) is 4.72 Å².